The Morgan fingerprint density at radius 1 is 1.22 bits per heavy atom. The fourth-order valence-electron chi connectivity index (χ4n) is 3.10. The zero-order valence-electron chi connectivity index (χ0n) is 16.9. The van der Waals surface area contributed by atoms with Crippen LogP contribution >= 0.6 is 0 Å². The second-order valence-electron chi connectivity index (χ2n) is 6.93. The number of methoxy groups -OCH3 is 1. The molecule has 0 fully saturated rings. The number of rotatable bonds is 8. The molecular formula is C19H20F5N5O3. The summed E-state index contributed by atoms with van der Waals surface area (Å²) in [6, 6.07) is 4.85. The maximum atomic E-state index is 14.9. The summed E-state index contributed by atoms with van der Waals surface area (Å²) < 4.78 is 74.6. The van der Waals surface area contributed by atoms with Gasteiger partial charge >= 0.3 is 6.18 Å². The van der Waals surface area contributed by atoms with Crippen molar-refractivity contribution in [2.24, 2.45) is 0 Å². The van der Waals surface area contributed by atoms with Crippen molar-refractivity contribution >= 4 is 17.0 Å². The number of benzene rings is 1. The van der Waals surface area contributed by atoms with Crippen molar-refractivity contribution in [3.8, 4) is 0 Å². The Balaban J connectivity index is 2.08. The normalized spacial score (nSPS) is 16.0. The number of ether oxygens (including phenoxy) is 1. The number of imidazole rings is 1. The van der Waals surface area contributed by atoms with Gasteiger partial charge in [0.1, 0.15) is 18.0 Å². The second kappa shape index (κ2) is 9.30. The van der Waals surface area contributed by atoms with Crippen LogP contribution < -0.4 is 5.32 Å². The lowest BCUT2D eigenvalue weighted by Crippen LogP contribution is -2.37. The molecule has 0 bridgehead atoms. The van der Waals surface area contributed by atoms with E-state index in [1.165, 1.54) is 25.1 Å². The molecule has 0 radical (unpaired) electrons. The molecular weight excluding hydrogens is 441 g/mol. The van der Waals surface area contributed by atoms with E-state index >= 15 is 0 Å². The SMILES string of the molecule is CO[C@H](CO)[C@@H](O)[C@H](F)n1cnc2c(N[C@H](C)c3ccccc3F)nc(C(F)(F)F)nc21. The highest BCUT2D eigenvalue weighted by molar-refractivity contribution is 5.83. The van der Waals surface area contributed by atoms with Crippen molar-refractivity contribution in [3.63, 3.8) is 0 Å². The van der Waals surface area contributed by atoms with Crippen LogP contribution in [0.2, 0.25) is 0 Å². The molecule has 1 aromatic carbocycles. The maximum absolute atomic E-state index is 14.9. The predicted molar refractivity (Wildman–Crippen MR) is 103 cm³/mol. The summed E-state index contributed by atoms with van der Waals surface area (Å²) in [7, 11) is 1.12. The molecule has 0 amide bonds. The Morgan fingerprint density at radius 3 is 2.50 bits per heavy atom. The number of halogens is 5. The van der Waals surface area contributed by atoms with Gasteiger partial charge in [-0.25, -0.2) is 23.7 Å². The molecule has 0 unspecified atom stereocenters. The molecule has 3 N–H and O–H groups in total. The van der Waals surface area contributed by atoms with E-state index < -0.39 is 60.4 Å². The number of anilines is 1. The predicted octanol–water partition coefficient (Wildman–Crippen LogP) is 2.99. The molecule has 0 spiro atoms. The van der Waals surface area contributed by atoms with E-state index in [1.807, 2.05) is 0 Å². The number of nitrogens with zero attached hydrogens (tertiary/aromatic N) is 4. The van der Waals surface area contributed by atoms with Gasteiger partial charge in [0.15, 0.2) is 17.0 Å². The van der Waals surface area contributed by atoms with Gasteiger partial charge in [0.2, 0.25) is 12.1 Å². The van der Waals surface area contributed by atoms with Gasteiger partial charge in [-0.15, -0.1) is 0 Å². The molecule has 0 aliphatic carbocycles. The maximum Gasteiger partial charge on any atom is 0.451 e. The van der Waals surface area contributed by atoms with Gasteiger partial charge in [-0.05, 0) is 13.0 Å². The number of aliphatic hydroxyl groups excluding tert-OH is 2. The largest absolute Gasteiger partial charge is 0.451 e. The third-order valence-electron chi connectivity index (χ3n) is 4.81. The van der Waals surface area contributed by atoms with E-state index in [0.29, 0.717) is 4.57 Å². The van der Waals surface area contributed by atoms with Crippen LogP contribution in [-0.2, 0) is 10.9 Å². The first kappa shape index (κ1) is 23.8. The lowest BCUT2D eigenvalue weighted by molar-refractivity contribution is -0.144. The summed E-state index contributed by atoms with van der Waals surface area (Å²) in [4.78, 5) is 10.7. The van der Waals surface area contributed by atoms with E-state index in [9.17, 15) is 32.2 Å². The lowest BCUT2D eigenvalue weighted by Gasteiger charge is -2.23. The van der Waals surface area contributed by atoms with Crippen LogP contribution in [0.25, 0.3) is 11.2 Å². The molecule has 174 valence electrons. The van der Waals surface area contributed by atoms with Crippen molar-refractivity contribution < 1.29 is 36.9 Å². The average Bonchev–Trinajstić information content (AvgIpc) is 3.18. The zero-order valence-corrected chi connectivity index (χ0v) is 16.9. The lowest BCUT2D eigenvalue weighted by atomic mass is 10.1. The van der Waals surface area contributed by atoms with E-state index in [0.717, 1.165) is 13.4 Å². The minimum absolute atomic E-state index is 0.164. The minimum Gasteiger partial charge on any atom is -0.394 e. The minimum atomic E-state index is -4.98. The quantitative estimate of drug-likeness (QED) is 0.443. The molecule has 2 heterocycles. The van der Waals surface area contributed by atoms with Crippen LogP contribution in [0.15, 0.2) is 30.6 Å². The summed E-state index contributed by atoms with van der Waals surface area (Å²) in [5.74, 6) is -2.56. The first-order valence-corrected chi connectivity index (χ1v) is 9.37. The molecule has 0 aliphatic heterocycles. The Kier molecular flexibility index (Phi) is 6.91. The topological polar surface area (TPSA) is 105 Å². The monoisotopic (exact) mass is 461 g/mol. The third-order valence-corrected chi connectivity index (χ3v) is 4.81. The van der Waals surface area contributed by atoms with Gasteiger partial charge in [0.05, 0.1) is 19.0 Å². The molecule has 3 rings (SSSR count). The van der Waals surface area contributed by atoms with Crippen LogP contribution in [0.1, 0.15) is 30.6 Å². The number of hydrogen-bond donors (Lipinski definition) is 3. The van der Waals surface area contributed by atoms with Crippen LogP contribution in [0.4, 0.5) is 27.8 Å². The van der Waals surface area contributed by atoms with Crippen molar-refractivity contribution in [1.29, 1.82) is 0 Å². The van der Waals surface area contributed by atoms with Crippen LogP contribution in [0, 0.1) is 5.82 Å². The Bertz CT molecular complexity index is 1070. The number of aromatic nitrogens is 4. The van der Waals surface area contributed by atoms with Gasteiger partial charge in [0, 0.05) is 12.7 Å². The molecule has 4 atom stereocenters. The average molecular weight is 461 g/mol. The van der Waals surface area contributed by atoms with E-state index in [4.69, 9.17) is 4.74 Å². The standard InChI is InChI=1S/C19H20F5N5O3/c1-9(10-5-3-4-6-11(10)20)26-16-13-17(28-18(27-16)19(22,23)24)29(8-25-13)15(21)14(31)12(7-30)32-2/h3-6,8-9,12,14-15,30-31H,7H2,1-2H3,(H,26,27,28)/t9-,12-,14-,15-/m1/s1. The molecule has 3 aromatic rings. The van der Waals surface area contributed by atoms with Crippen LogP contribution in [0.3, 0.4) is 0 Å². The van der Waals surface area contributed by atoms with E-state index in [2.05, 4.69) is 20.3 Å². The summed E-state index contributed by atoms with van der Waals surface area (Å²) >= 11 is 0. The number of aliphatic hydroxyl groups is 2. The fraction of sp³-hybridized carbons (Fsp3) is 0.421. The van der Waals surface area contributed by atoms with Crippen molar-refractivity contribution in [3.05, 3.63) is 47.8 Å². The van der Waals surface area contributed by atoms with E-state index in [1.54, 1.807) is 6.07 Å². The number of alkyl halides is 4. The first-order valence-electron chi connectivity index (χ1n) is 9.37. The molecule has 8 nitrogen and oxygen atoms in total. The Morgan fingerprint density at radius 2 is 1.91 bits per heavy atom. The first-order chi connectivity index (χ1) is 15.1. The molecule has 32 heavy (non-hydrogen) atoms. The van der Waals surface area contributed by atoms with Gasteiger partial charge in [-0.3, -0.25) is 4.57 Å². The number of hydrogen-bond acceptors (Lipinski definition) is 7. The van der Waals surface area contributed by atoms with E-state index in [-0.39, 0.29) is 11.1 Å². The summed E-state index contributed by atoms with van der Waals surface area (Å²) in [5, 5.41) is 22.0. The van der Waals surface area contributed by atoms with Gasteiger partial charge < -0.3 is 20.3 Å². The zero-order chi connectivity index (χ0) is 23.6. The Labute approximate surface area is 178 Å². The van der Waals surface area contributed by atoms with Gasteiger partial charge in [-0.1, -0.05) is 18.2 Å². The molecule has 2 aromatic heterocycles. The molecule has 0 saturated heterocycles. The molecule has 0 aliphatic rings. The van der Waals surface area contributed by atoms with Gasteiger partial charge in [0.25, 0.3) is 0 Å². The second-order valence-corrected chi connectivity index (χ2v) is 6.93. The number of fused-ring (bicyclic) bond motifs is 1. The highest BCUT2D eigenvalue weighted by atomic mass is 19.4. The molecule has 13 heteroatoms. The summed E-state index contributed by atoms with van der Waals surface area (Å²) in [6.45, 7) is 0.767. The van der Waals surface area contributed by atoms with Crippen LogP contribution in [0.5, 0.6) is 0 Å². The highest BCUT2D eigenvalue weighted by Gasteiger charge is 2.38. The highest BCUT2D eigenvalue weighted by Crippen LogP contribution is 2.33. The Hall–Kier alpha value is -2.90. The molecule has 0 saturated carbocycles. The third kappa shape index (κ3) is 4.64. The fourth-order valence-corrected chi connectivity index (χ4v) is 3.10. The summed E-state index contributed by atoms with van der Waals surface area (Å²) in [6.07, 6.45) is -9.75. The van der Waals surface area contributed by atoms with Gasteiger partial charge in [-0.2, -0.15) is 13.2 Å². The van der Waals surface area contributed by atoms with Crippen molar-refractivity contribution in [1.82, 2.24) is 19.5 Å². The summed E-state index contributed by atoms with van der Waals surface area (Å²) in [5.41, 5.74) is -0.624. The smallest absolute Gasteiger partial charge is 0.394 e. The van der Waals surface area contributed by atoms with Crippen LogP contribution in [-0.4, -0.2) is 55.7 Å². The number of nitrogens with one attached hydrogen (secondary N) is 1. The van der Waals surface area contributed by atoms with Crippen molar-refractivity contribution in [2.75, 3.05) is 19.0 Å². The van der Waals surface area contributed by atoms with Crippen molar-refractivity contribution in [2.45, 2.75) is 37.6 Å².